The van der Waals surface area contributed by atoms with Gasteiger partial charge in [-0.15, -0.1) is 0 Å². The second kappa shape index (κ2) is 14.8. The van der Waals surface area contributed by atoms with Crippen molar-refractivity contribution in [2.45, 2.75) is 135 Å². The zero-order valence-electron chi connectivity index (χ0n) is 18.8. The molecule has 0 aromatic rings. The maximum atomic E-state index is 10.7. The molecule has 4 nitrogen and oxygen atoms in total. The van der Waals surface area contributed by atoms with Gasteiger partial charge in [0.2, 0.25) is 0 Å². The Kier molecular flexibility index (Phi) is 13.6. The summed E-state index contributed by atoms with van der Waals surface area (Å²) in [4.78, 5) is 2.10. The van der Waals surface area contributed by atoms with Gasteiger partial charge in [-0.25, -0.2) is 0 Å². The van der Waals surface area contributed by atoms with Crippen molar-refractivity contribution < 1.29 is 14.6 Å². The number of ether oxygens (including phenoxy) is 2. The quantitative estimate of drug-likeness (QED) is 0.377. The molecule has 0 amide bonds. The van der Waals surface area contributed by atoms with Crippen molar-refractivity contribution in [2.75, 3.05) is 14.1 Å². The van der Waals surface area contributed by atoms with E-state index in [2.05, 4.69) is 25.7 Å². The molecule has 0 radical (unpaired) electrons. The lowest BCUT2D eigenvalue weighted by molar-refractivity contribution is -0.269. The third-order valence-electron chi connectivity index (χ3n) is 5.86. The Morgan fingerprint density at radius 3 is 2.07 bits per heavy atom. The maximum Gasteiger partial charge on any atom is 0.185 e. The molecule has 1 saturated heterocycles. The van der Waals surface area contributed by atoms with Crippen molar-refractivity contribution in [1.82, 2.24) is 4.90 Å². The monoisotopic (exact) mass is 385 g/mol. The molecular weight excluding hydrogens is 338 g/mol. The lowest BCUT2D eigenvalue weighted by atomic mass is 9.98. The van der Waals surface area contributed by atoms with E-state index >= 15 is 0 Å². The van der Waals surface area contributed by atoms with Gasteiger partial charge in [0.25, 0.3) is 0 Å². The summed E-state index contributed by atoms with van der Waals surface area (Å²) in [6, 6.07) is 0.105. The molecule has 4 heteroatoms. The molecule has 1 rings (SSSR count). The molecule has 1 fully saturated rings. The van der Waals surface area contributed by atoms with Gasteiger partial charge in [-0.2, -0.15) is 0 Å². The molecule has 1 unspecified atom stereocenters. The largest absolute Gasteiger partial charge is 0.386 e. The second-order valence-corrected chi connectivity index (χ2v) is 8.74. The van der Waals surface area contributed by atoms with E-state index in [9.17, 15) is 5.11 Å². The van der Waals surface area contributed by atoms with Crippen LogP contribution in [0.15, 0.2) is 0 Å². The number of hydrogen-bond donors (Lipinski definition) is 1. The maximum absolute atomic E-state index is 10.7. The van der Waals surface area contributed by atoms with Crippen molar-refractivity contribution in [3.63, 3.8) is 0 Å². The fourth-order valence-corrected chi connectivity index (χ4v) is 4.06. The van der Waals surface area contributed by atoms with E-state index in [-0.39, 0.29) is 18.2 Å². The summed E-state index contributed by atoms with van der Waals surface area (Å²) in [7, 11) is 4.05. The van der Waals surface area contributed by atoms with E-state index in [0.29, 0.717) is 0 Å². The van der Waals surface area contributed by atoms with Crippen LogP contribution in [0.25, 0.3) is 0 Å². The van der Waals surface area contributed by atoms with Gasteiger partial charge < -0.3 is 19.5 Å². The summed E-state index contributed by atoms with van der Waals surface area (Å²) in [6.07, 6.45) is 15.3. The molecule has 1 aliphatic rings. The summed E-state index contributed by atoms with van der Waals surface area (Å²) in [5.41, 5.74) is 0. The summed E-state index contributed by atoms with van der Waals surface area (Å²) in [5.74, 6) is 0. The first-order chi connectivity index (χ1) is 13.0. The van der Waals surface area contributed by atoms with Gasteiger partial charge in [0, 0.05) is 6.04 Å². The molecule has 1 N–H and O–H groups in total. The highest BCUT2D eigenvalue weighted by molar-refractivity contribution is 4.85. The predicted octanol–water partition coefficient (Wildman–Crippen LogP) is 5.52. The van der Waals surface area contributed by atoms with Crippen molar-refractivity contribution in [2.24, 2.45) is 0 Å². The van der Waals surface area contributed by atoms with Gasteiger partial charge in [-0.05, 0) is 40.3 Å². The smallest absolute Gasteiger partial charge is 0.185 e. The van der Waals surface area contributed by atoms with E-state index in [0.717, 1.165) is 19.3 Å². The lowest BCUT2D eigenvalue weighted by Crippen LogP contribution is -2.54. The summed E-state index contributed by atoms with van der Waals surface area (Å²) in [5, 5.41) is 10.7. The van der Waals surface area contributed by atoms with Gasteiger partial charge in [0.05, 0.1) is 12.2 Å². The minimum Gasteiger partial charge on any atom is -0.386 e. The van der Waals surface area contributed by atoms with Gasteiger partial charge in [-0.1, -0.05) is 78.1 Å². The van der Waals surface area contributed by atoms with Crippen LogP contribution in [-0.4, -0.2) is 54.7 Å². The van der Waals surface area contributed by atoms with Crippen LogP contribution in [0.5, 0.6) is 0 Å². The molecular formula is C23H47NO3. The first-order valence-corrected chi connectivity index (χ1v) is 11.6. The molecule has 1 heterocycles. The fourth-order valence-electron chi connectivity index (χ4n) is 4.06. The van der Waals surface area contributed by atoms with Gasteiger partial charge in [0.1, 0.15) is 6.10 Å². The van der Waals surface area contributed by atoms with Crippen LogP contribution in [0, 0.1) is 0 Å². The molecule has 0 saturated carbocycles. The number of rotatable bonds is 15. The van der Waals surface area contributed by atoms with Crippen LogP contribution in [0.3, 0.4) is 0 Å². The number of hydrogen-bond acceptors (Lipinski definition) is 4. The molecule has 0 aliphatic carbocycles. The Bertz CT molecular complexity index is 351. The van der Waals surface area contributed by atoms with Crippen LogP contribution in [-0.2, 0) is 9.47 Å². The molecule has 0 bridgehead atoms. The van der Waals surface area contributed by atoms with Crippen molar-refractivity contribution >= 4 is 0 Å². The highest BCUT2D eigenvalue weighted by Crippen LogP contribution is 2.27. The zero-order valence-corrected chi connectivity index (χ0v) is 18.8. The van der Waals surface area contributed by atoms with E-state index < -0.39 is 12.4 Å². The normalized spacial score (nSPS) is 27.2. The number of aliphatic hydroxyl groups excluding tert-OH is 1. The zero-order chi connectivity index (χ0) is 20.1. The topological polar surface area (TPSA) is 41.9 Å². The van der Waals surface area contributed by atoms with Crippen LogP contribution in [0.4, 0.5) is 0 Å². The summed E-state index contributed by atoms with van der Waals surface area (Å²) >= 11 is 0. The van der Waals surface area contributed by atoms with Crippen LogP contribution < -0.4 is 0 Å². The Labute approximate surface area is 169 Å². The Hall–Kier alpha value is -0.160. The van der Waals surface area contributed by atoms with Crippen LogP contribution in [0.1, 0.15) is 104 Å². The second-order valence-electron chi connectivity index (χ2n) is 8.74. The highest BCUT2D eigenvalue weighted by atomic mass is 16.7. The number of unbranched alkanes of at least 4 members (excludes halogenated alkanes) is 8. The van der Waals surface area contributed by atoms with E-state index in [1.807, 2.05) is 14.1 Å². The first-order valence-electron chi connectivity index (χ1n) is 11.6. The average molecular weight is 386 g/mol. The number of aliphatic hydroxyl groups is 1. The Morgan fingerprint density at radius 2 is 1.48 bits per heavy atom. The molecule has 27 heavy (non-hydrogen) atoms. The lowest BCUT2D eigenvalue weighted by Gasteiger charge is -2.42. The Morgan fingerprint density at radius 1 is 0.926 bits per heavy atom. The van der Waals surface area contributed by atoms with Crippen LogP contribution in [0.2, 0.25) is 0 Å². The average Bonchev–Trinajstić information content (AvgIpc) is 2.63. The minimum atomic E-state index is -0.570. The van der Waals surface area contributed by atoms with Gasteiger partial charge >= 0.3 is 0 Å². The number of nitrogens with zero attached hydrogens (tertiary/aromatic N) is 1. The van der Waals surface area contributed by atoms with Gasteiger partial charge in [0.15, 0.2) is 6.29 Å². The van der Waals surface area contributed by atoms with Crippen molar-refractivity contribution in [1.29, 1.82) is 0 Å². The molecule has 162 valence electrons. The van der Waals surface area contributed by atoms with E-state index in [1.54, 1.807) is 0 Å². The molecule has 5 atom stereocenters. The fraction of sp³-hybridized carbons (Fsp3) is 1.00. The van der Waals surface area contributed by atoms with Gasteiger partial charge in [-0.3, -0.25) is 0 Å². The number of likely N-dealkylation sites (N-methyl/N-ethyl adjacent to an activating group) is 1. The first kappa shape index (κ1) is 24.9. The third-order valence-corrected chi connectivity index (χ3v) is 5.86. The highest BCUT2D eigenvalue weighted by Gasteiger charge is 2.38. The molecule has 1 aliphatic heterocycles. The molecule has 0 aromatic heterocycles. The minimum absolute atomic E-state index is 0.105. The SMILES string of the molecule is CCCCCCCCCCC(CCCC)O[C@@H]1O[C@H](C)C[C@H](N(C)C)[C@H]1O. The van der Waals surface area contributed by atoms with Crippen molar-refractivity contribution in [3.8, 4) is 0 Å². The Balaban J connectivity index is 2.39. The van der Waals surface area contributed by atoms with Crippen molar-refractivity contribution in [3.05, 3.63) is 0 Å². The van der Waals surface area contributed by atoms with Crippen LogP contribution >= 0.6 is 0 Å². The predicted molar refractivity (Wildman–Crippen MR) is 114 cm³/mol. The standard InChI is InChI=1S/C23H47NO3/c1-6-8-10-11-12-13-14-15-17-20(16-9-7-2)27-23-22(25)21(24(4)5)18-19(3)26-23/h19-23,25H,6-18H2,1-5H3/t19-,20?,21+,22-,23+/m1/s1. The molecule has 0 spiro atoms. The summed E-state index contributed by atoms with van der Waals surface area (Å²) in [6.45, 7) is 6.58. The third kappa shape index (κ3) is 10.3. The summed E-state index contributed by atoms with van der Waals surface area (Å²) < 4.78 is 12.3. The van der Waals surface area contributed by atoms with E-state index in [1.165, 1.54) is 64.2 Å². The van der Waals surface area contributed by atoms with E-state index in [4.69, 9.17) is 9.47 Å². The molecule has 0 aromatic carbocycles.